The van der Waals surface area contributed by atoms with E-state index in [1.807, 2.05) is 6.92 Å². The normalized spacial score (nSPS) is 10.5. The highest BCUT2D eigenvalue weighted by atomic mass is 19.1. The summed E-state index contributed by atoms with van der Waals surface area (Å²) in [5.74, 6) is 0.0917. The van der Waals surface area contributed by atoms with Gasteiger partial charge in [0.15, 0.2) is 5.78 Å². The molecule has 3 heteroatoms. The molecular formula is C14H13FO2. The zero-order valence-corrected chi connectivity index (χ0v) is 9.57. The number of ketones is 1. The third-order valence-corrected chi connectivity index (χ3v) is 2.60. The topological polar surface area (TPSA) is 30.2 Å². The van der Waals surface area contributed by atoms with E-state index in [4.69, 9.17) is 4.42 Å². The van der Waals surface area contributed by atoms with Crippen molar-refractivity contribution in [3.8, 4) is 0 Å². The van der Waals surface area contributed by atoms with Crippen LogP contribution in [0.5, 0.6) is 0 Å². The van der Waals surface area contributed by atoms with E-state index in [0.29, 0.717) is 6.42 Å². The Balaban J connectivity index is 2.07. The number of furan rings is 1. The maximum Gasteiger partial charge on any atom is 0.166 e. The lowest BCUT2D eigenvalue weighted by Crippen LogP contribution is -2.04. The van der Waals surface area contributed by atoms with Crippen LogP contribution in [0.15, 0.2) is 41.0 Å². The molecule has 0 aliphatic rings. The summed E-state index contributed by atoms with van der Waals surface area (Å²) in [7, 11) is 0. The van der Waals surface area contributed by atoms with Crippen molar-refractivity contribution in [2.45, 2.75) is 19.8 Å². The number of carbonyl (C=O) groups is 1. The van der Waals surface area contributed by atoms with Gasteiger partial charge < -0.3 is 4.42 Å². The molecule has 0 spiro atoms. The molecule has 0 saturated heterocycles. The summed E-state index contributed by atoms with van der Waals surface area (Å²) in [5.41, 5.74) is 1.05. The van der Waals surface area contributed by atoms with Gasteiger partial charge in [-0.3, -0.25) is 4.79 Å². The standard InChI is InChI=1S/C14H13FO2/c1-10-4-6-13(15)12(9-10)14(16)7-5-11-3-2-8-17-11/h2-4,6,8-9H,5,7H2,1H3. The van der Waals surface area contributed by atoms with Crippen LogP contribution in [-0.4, -0.2) is 5.78 Å². The number of carbonyl (C=O) groups excluding carboxylic acids is 1. The van der Waals surface area contributed by atoms with E-state index in [0.717, 1.165) is 11.3 Å². The molecular weight excluding hydrogens is 219 g/mol. The van der Waals surface area contributed by atoms with Crippen molar-refractivity contribution in [3.63, 3.8) is 0 Å². The van der Waals surface area contributed by atoms with Gasteiger partial charge in [-0.2, -0.15) is 0 Å². The van der Waals surface area contributed by atoms with Crippen LogP contribution in [0.4, 0.5) is 4.39 Å². The molecule has 0 aliphatic heterocycles. The first-order valence-corrected chi connectivity index (χ1v) is 5.48. The van der Waals surface area contributed by atoms with Crippen molar-refractivity contribution in [1.29, 1.82) is 0 Å². The highest BCUT2D eigenvalue weighted by Gasteiger charge is 2.12. The van der Waals surface area contributed by atoms with Crippen LogP contribution in [0.1, 0.15) is 28.1 Å². The molecule has 0 atom stereocenters. The Morgan fingerprint density at radius 2 is 2.18 bits per heavy atom. The van der Waals surface area contributed by atoms with Crippen LogP contribution in [0.2, 0.25) is 0 Å². The third-order valence-electron chi connectivity index (χ3n) is 2.60. The number of hydrogen-bond donors (Lipinski definition) is 0. The van der Waals surface area contributed by atoms with Crippen molar-refractivity contribution in [2.24, 2.45) is 0 Å². The summed E-state index contributed by atoms with van der Waals surface area (Å²) < 4.78 is 18.6. The van der Waals surface area contributed by atoms with Crippen molar-refractivity contribution < 1.29 is 13.6 Å². The number of halogens is 1. The molecule has 88 valence electrons. The van der Waals surface area contributed by atoms with Gasteiger partial charge in [0, 0.05) is 12.8 Å². The summed E-state index contributed by atoms with van der Waals surface area (Å²) in [6.45, 7) is 1.84. The van der Waals surface area contributed by atoms with Gasteiger partial charge in [-0.25, -0.2) is 4.39 Å². The first-order chi connectivity index (χ1) is 8.16. The minimum atomic E-state index is -0.458. The molecule has 0 unspecified atom stereocenters. The van der Waals surface area contributed by atoms with Gasteiger partial charge >= 0.3 is 0 Å². The lowest BCUT2D eigenvalue weighted by Gasteiger charge is -2.03. The van der Waals surface area contributed by atoms with Gasteiger partial charge in [-0.15, -0.1) is 0 Å². The molecule has 0 bridgehead atoms. The Morgan fingerprint density at radius 3 is 2.88 bits per heavy atom. The molecule has 0 saturated carbocycles. The molecule has 2 rings (SSSR count). The Morgan fingerprint density at radius 1 is 1.35 bits per heavy atom. The maximum atomic E-state index is 13.4. The molecule has 0 N–H and O–H groups in total. The lowest BCUT2D eigenvalue weighted by molar-refractivity contribution is 0.0977. The van der Waals surface area contributed by atoms with E-state index in [-0.39, 0.29) is 17.8 Å². The number of rotatable bonds is 4. The fourth-order valence-electron chi connectivity index (χ4n) is 1.68. The Labute approximate surface area is 99.1 Å². The molecule has 0 fully saturated rings. The first-order valence-electron chi connectivity index (χ1n) is 5.48. The van der Waals surface area contributed by atoms with E-state index in [1.54, 1.807) is 30.5 Å². The molecule has 0 aliphatic carbocycles. The molecule has 2 aromatic rings. The number of hydrogen-bond acceptors (Lipinski definition) is 2. The molecule has 2 nitrogen and oxygen atoms in total. The Hall–Kier alpha value is -1.90. The van der Waals surface area contributed by atoms with Gasteiger partial charge in [0.1, 0.15) is 11.6 Å². The van der Waals surface area contributed by atoms with E-state index in [2.05, 4.69) is 0 Å². The van der Waals surface area contributed by atoms with Crippen LogP contribution >= 0.6 is 0 Å². The van der Waals surface area contributed by atoms with Gasteiger partial charge in [-0.1, -0.05) is 11.6 Å². The molecule has 1 aromatic heterocycles. The van der Waals surface area contributed by atoms with E-state index in [1.165, 1.54) is 6.07 Å². The van der Waals surface area contributed by atoms with Crippen LogP contribution < -0.4 is 0 Å². The average molecular weight is 232 g/mol. The summed E-state index contributed by atoms with van der Waals surface area (Å²) in [5, 5.41) is 0. The zero-order chi connectivity index (χ0) is 12.3. The molecule has 1 heterocycles. The second-order valence-electron chi connectivity index (χ2n) is 3.99. The highest BCUT2D eigenvalue weighted by Crippen LogP contribution is 2.14. The molecule has 0 radical (unpaired) electrons. The lowest BCUT2D eigenvalue weighted by atomic mass is 10.0. The van der Waals surface area contributed by atoms with Crippen molar-refractivity contribution in [3.05, 3.63) is 59.3 Å². The van der Waals surface area contributed by atoms with Crippen molar-refractivity contribution in [1.82, 2.24) is 0 Å². The highest BCUT2D eigenvalue weighted by molar-refractivity contribution is 5.96. The third kappa shape index (κ3) is 2.81. The van der Waals surface area contributed by atoms with Gasteiger partial charge in [0.25, 0.3) is 0 Å². The molecule has 0 amide bonds. The maximum absolute atomic E-state index is 13.4. The summed E-state index contributed by atoms with van der Waals surface area (Å²) in [6.07, 6.45) is 2.32. The van der Waals surface area contributed by atoms with Crippen LogP contribution in [0, 0.1) is 12.7 Å². The minimum absolute atomic E-state index is 0.163. The minimum Gasteiger partial charge on any atom is -0.469 e. The summed E-state index contributed by atoms with van der Waals surface area (Å²) >= 11 is 0. The predicted octanol–water partition coefficient (Wildman–Crippen LogP) is 3.54. The van der Waals surface area contributed by atoms with E-state index >= 15 is 0 Å². The Kier molecular flexibility index (Phi) is 3.38. The number of Topliss-reactive ketones (excluding diaryl/α,β-unsaturated/α-hetero) is 1. The van der Waals surface area contributed by atoms with Crippen LogP contribution in [0.25, 0.3) is 0 Å². The van der Waals surface area contributed by atoms with E-state index < -0.39 is 5.82 Å². The summed E-state index contributed by atoms with van der Waals surface area (Å²) in [6, 6.07) is 8.14. The smallest absolute Gasteiger partial charge is 0.166 e. The molecule has 1 aromatic carbocycles. The van der Waals surface area contributed by atoms with Gasteiger partial charge in [-0.05, 0) is 31.2 Å². The fraction of sp³-hybridized carbons (Fsp3) is 0.214. The van der Waals surface area contributed by atoms with Crippen LogP contribution in [0.3, 0.4) is 0 Å². The number of benzene rings is 1. The molecule has 17 heavy (non-hydrogen) atoms. The zero-order valence-electron chi connectivity index (χ0n) is 9.57. The van der Waals surface area contributed by atoms with Gasteiger partial charge in [0.05, 0.1) is 11.8 Å². The largest absolute Gasteiger partial charge is 0.469 e. The quantitative estimate of drug-likeness (QED) is 0.755. The SMILES string of the molecule is Cc1ccc(F)c(C(=O)CCc2ccco2)c1. The fourth-order valence-corrected chi connectivity index (χ4v) is 1.68. The van der Waals surface area contributed by atoms with Crippen molar-refractivity contribution >= 4 is 5.78 Å². The van der Waals surface area contributed by atoms with Gasteiger partial charge in [0.2, 0.25) is 0 Å². The second-order valence-corrected chi connectivity index (χ2v) is 3.99. The second kappa shape index (κ2) is 4.95. The summed E-state index contributed by atoms with van der Waals surface area (Å²) in [4.78, 5) is 11.8. The predicted molar refractivity (Wildman–Crippen MR) is 62.5 cm³/mol. The van der Waals surface area contributed by atoms with E-state index in [9.17, 15) is 9.18 Å². The monoisotopic (exact) mass is 232 g/mol. The van der Waals surface area contributed by atoms with Crippen LogP contribution in [-0.2, 0) is 6.42 Å². The first kappa shape index (κ1) is 11.6. The average Bonchev–Trinajstić information content (AvgIpc) is 2.82. The number of aryl methyl sites for hydroxylation is 2. The van der Waals surface area contributed by atoms with Crippen molar-refractivity contribution in [2.75, 3.05) is 0 Å². The Bertz CT molecular complexity index is 515.